The van der Waals surface area contributed by atoms with Gasteiger partial charge in [0.1, 0.15) is 23.1 Å². The molecule has 4 rings (SSSR count). The minimum absolute atomic E-state index is 0.00738. The molecule has 13 heteroatoms. The Bertz CT molecular complexity index is 1340. The molecule has 0 saturated carbocycles. The first-order valence-corrected chi connectivity index (χ1v) is 12.1. The van der Waals surface area contributed by atoms with Crippen LogP contribution in [-0.4, -0.2) is 36.1 Å². The van der Waals surface area contributed by atoms with Gasteiger partial charge in [0, 0.05) is 17.6 Å². The molecule has 1 amide bonds. The van der Waals surface area contributed by atoms with Crippen molar-refractivity contribution in [2.45, 2.75) is 56.8 Å². The fourth-order valence-corrected chi connectivity index (χ4v) is 5.70. The predicted octanol–water partition coefficient (Wildman–Crippen LogP) is 5.65. The third kappa shape index (κ3) is 4.65. The van der Waals surface area contributed by atoms with E-state index in [0.29, 0.717) is 0 Å². The standard InChI is InChI=1S/C25H21Cl2F5N2O4/c1-23(2,3)9-16-24(11-7-14(28)13(27)8-15(11)33-21(24)36)17(10-5-4-6-12(26)18(10)29)19(34-16)20(35)38-22(37)25(30,31)32/h4-8,16-17,19,34H,9H2,1-3H3,(H,33,36)/t16-,17-,19+,24?/m0/s1. The number of amides is 1. The highest BCUT2D eigenvalue weighted by Crippen LogP contribution is 2.57. The third-order valence-electron chi connectivity index (χ3n) is 6.70. The Balaban J connectivity index is 2.01. The summed E-state index contributed by atoms with van der Waals surface area (Å²) in [6, 6.07) is 2.95. The minimum Gasteiger partial charge on any atom is -0.385 e. The van der Waals surface area contributed by atoms with Crippen LogP contribution in [0, 0.1) is 17.0 Å². The molecule has 0 aliphatic carbocycles. The first kappa shape index (κ1) is 28.3. The van der Waals surface area contributed by atoms with Crippen LogP contribution in [0.2, 0.25) is 10.0 Å². The fraction of sp³-hybridized carbons (Fsp3) is 0.400. The van der Waals surface area contributed by atoms with Crippen molar-refractivity contribution in [1.29, 1.82) is 0 Å². The van der Waals surface area contributed by atoms with Gasteiger partial charge in [0.05, 0.1) is 10.0 Å². The lowest BCUT2D eigenvalue weighted by Crippen LogP contribution is -2.49. The molecule has 1 saturated heterocycles. The number of alkyl halides is 3. The van der Waals surface area contributed by atoms with Crippen LogP contribution < -0.4 is 10.6 Å². The summed E-state index contributed by atoms with van der Waals surface area (Å²) in [6.45, 7) is 5.39. The van der Waals surface area contributed by atoms with Gasteiger partial charge in [-0.15, -0.1) is 0 Å². The summed E-state index contributed by atoms with van der Waals surface area (Å²) >= 11 is 11.9. The summed E-state index contributed by atoms with van der Waals surface area (Å²) < 4.78 is 73.2. The third-order valence-corrected chi connectivity index (χ3v) is 7.28. The molecule has 2 aliphatic rings. The van der Waals surface area contributed by atoms with Gasteiger partial charge in [-0.05, 0) is 41.2 Å². The Labute approximate surface area is 223 Å². The lowest BCUT2D eigenvalue weighted by Gasteiger charge is -2.37. The quantitative estimate of drug-likeness (QED) is 0.279. The molecule has 2 heterocycles. The van der Waals surface area contributed by atoms with Crippen molar-refractivity contribution in [2.24, 2.45) is 5.41 Å². The first-order chi connectivity index (χ1) is 17.5. The molecule has 38 heavy (non-hydrogen) atoms. The number of rotatable bonds is 3. The number of halogens is 7. The molecule has 1 spiro atoms. The highest BCUT2D eigenvalue weighted by atomic mass is 35.5. The Morgan fingerprint density at radius 2 is 1.74 bits per heavy atom. The van der Waals surface area contributed by atoms with Crippen molar-refractivity contribution in [3.8, 4) is 0 Å². The molecule has 2 N–H and O–H groups in total. The number of esters is 2. The van der Waals surface area contributed by atoms with Crippen LogP contribution in [0.5, 0.6) is 0 Å². The first-order valence-electron chi connectivity index (χ1n) is 11.3. The average Bonchev–Trinajstić information content (AvgIpc) is 3.24. The van der Waals surface area contributed by atoms with Gasteiger partial charge in [-0.3, -0.25) is 10.1 Å². The van der Waals surface area contributed by atoms with Crippen LogP contribution in [0.1, 0.15) is 44.2 Å². The number of hydrogen-bond acceptors (Lipinski definition) is 5. The van der Waals surface area contributed by atoms with E-state index in [0.717, 1.165) is 12.1 Å². The number of hydrogen-bond donors (Lipinski definition) is 2. The van der Waals surface area contributed by atoms with E-state index in [-0.39, 0.29) is 28.3 Å². The summed E-state index contributed by atoms with van der Waals surface area (Å²) in [5.41, 5.74) is -2.73. The molecule has 1 unspecified atom stereocenters. The maximum absolute atomic E-state index is 15.5. The predicted molar refractivity (Wildman–Crippen MR) is 128 cm³/mol. The smallest absolute Gasteiger partial charge is 0.385 e. The molecular formula is C25H21Cl2F5N2O4. The number of carbonyl (C=O) groups excluding carboxylic acids is 3. The van der Waals surface area contributed by atoms with E-state index in [9.17, 15) is 31.9 Å². The topological polar surface area (TPSA) is 84.5 Å². The van der Waals surface area contributed by atoms with E-state index in [1.165, 1.54) is 18.2 Å². The van der Waals surface area contributed by atoms with Gasteiger partial charge in [0.15, 0.2) is 0 Å². The number of fused-ring (bicyclic) bond motifs is 2. The van der Waals surface area contributed by atoms with Crippen molar-refractivity contribution in [3.05, 3.63) is 63.1 Å². The monoisotopic (exact) mass is 578 g/mol. The molecule has 0 radical (unpaired) electrons. The lowest BCUT2D eigenvalue weighted by molar-refractivity contribution is -0.202. The fourth-order valence-electron chi connectivity index (χ4n) is 5.35. The summed E-state index contributed by atoms with van der Waals surface area (Å²) in [7, 11) is 0. The van der Waals surface area contributed by atoms with Crippen molar-refractivity contribution >= 4 is 46.7 Å². The van der Waals surface area contributed by atoms with E-state index >= 15 is 4.39 Å². The van der Waals surface area contributed by atoms with E-state index in [2.05, 4.69) is 15.4 Å². The summed E-state index contributed by atoms with van der Waals surface area (Å²) in [5.74, 6) is -8.83. The second kappa shape index (κ2) is 9.46. The Morgan fingerprint density at radius 3 is 2.34 bits per heavy atom. The van der Waals surface area contributed by atoms with Crippen LogP contribution in [0.3, 0.4) is 0 Å². The van der Waals surface area contributed by atoms with Crippen LogP contribution in [0.15, 0.2) is 30.3 Å². The van der Waals surface area contributed by atoms with Gasteiger partial charge in [0.2, 0.25) is 5.91 Å². The van der Waals surface area contributed by atoms with Crippen molar-refractivity contribution < 1.29 is 41.1 Å². The molecule has 0 aromatic heterocycles. The van der Waals surface area contributed by atoms with Crippen molar-refractivity contribution in [3.63, 3.8) is 0 Å². The lowest BCUT2D eigenvalue weighted by atomic mass is 9.62. The summed E-state index contributed by atoms with van der Waals surface area (Å²) in [6.07, 6.45) is -5.38. The van der Waals surface area contributed by atoms with Crippen LogP contribution >= 0.6 is 23.2 Å². The summed E-state index contributed by atoms with van der Waals surface area (Å²) in [4.78, 5) is 38.4. The van der Waals surface area contributed by atoms with Gasteiger partial charge in [-0.2, -0.15) is 13.2 Å². The molecule has 2 aromatic rings. The number of benzene rings is 2. The molecule has 6 nitrogen and oxygen atoms in total. The highest BCUT2D eigenvalue weighted by Gasteiger charge is 2.67. The number of anilines is 1. The largest absolute Gasteiger partial charge is 0.491 e. The number of carbonyl (C=O) groups is 3. The molecule has 0 bridgehead atoms. The molecule has 1 fully saturated rings. The van der Waals surface area contributed by atoms with Crippen molar-refractivity contribution in [1.82, 2.24) is 5.32 Å². The Hall–Kier alpha value is -2.76. The number of nitrogens with one attached hydrogen (secondary N) is 2. The van der Waals surface area contributed by atoms with E-state index < -0.39 is 69.5 Å². The summed E-state index contributed by atoms with van der Waals surface area (Å²) in [5, 5.41) is 4.69. The average molecular weight is 579 g/mol. The zero-order valence-electron chi connectivity index (χ0n) is 20.1. The number of ether oxygens (including phenoxy) is 1. The molecule has 4 atom stereocenters. The van der Waals surface area contributed by atoms with E-state index in [1.54, 1.807) is 20.8 Å². The van der Waals surface area contributed by atoms with Gasteiger partial charge in [-0.1, -0.05) is 56.1 Å². The van der Waals surface area contributed by atoms with Crippen LogP contribution in [0.4, 0.5) is 27.6 Å². The maximum atomic E-state index is 15.5. The maximum Gasteiger partial charge on any atom is 0.491 e. The SMILES string of the molecule is CC(C)(C)C[C@@H]1N[C@@H](C(=O)OC(=O)C(F)(F)F)[C@H](c2cccc(Cl)c2F)C12C(=O)Nc1cc(Cl)c(F)cc12. The highest BCUT2D eigenvalue weighted by molar-refractivity contribution is 6.31. The van der Waals surface area contributed by atoms with Crippen LogP contribution in [0.25, 0.3) is 0 Å². The molecule has 204 valence electrons. The second-order valence-electron chi connectivity index (χ2n) is 10.4. The van der Waals surface area contributed by atoms with Crippen LogP contribution in [-0.2, 0) is 24.5 Å². The Morgan fingerprint density at radius 1 is 1.08 bits per heavy atom. The second-order valence-corrected chi connectivity index (χ2v) is 11.2. The van der Waals surface area contributed by atoms with E-state index in [4.69, 9.17) is 23.2 Å². The van der Waals surface area contributed by atoms with E-state index in [1.807, 2.05) is 0 Å². The van der Waals surface area contributed by atoms with Gasteiger partial charge in [-0.25, -0.2) is 18.4 Å². The van der Waals surface area contributed by atoms with Gasteiger partial charge in [0.25, 0.3) is 0 Å². The zero-order valence-corrected chi connectivity index (χ0v) is 21.6. The van der Waals surface area contributed by atoms with Gasteiger partial charge >= 0.3 is 18.1 Å². The molecular weight excluding hydrogens is 558 g/mol. The Kier molecular flexibility index (Phi) is 7.03. The van der Waals surface area contributed by atoms with Crippen molar-refractivity contribution in [2.75, 3.05) is 5.32 Å². The normalized spacial score (nSPS) is 24.9. The minimum atomic E-state index is -5.50. The molecule has 2 aromatic carbocycles. The molecule has 2 aliphatic heterocycles. The zero-order chi connectivity index (χ0) is 28.4. The van der Waals surface area contributed by atoms with Gasteiger partial charge < -0.3 is 10.1 Å².